The van der Waals surface area contributed by atoms with Crippen molar-refractivity contribution in [3.63, 3.8) is 0 Å². The number of hydrogen-bond donors (Lipinski definition) is 0. The van der Waals surface area contributed by atoms with E-state index in [1.54, 1.807) is 0 Å². The van der Waals surface area contributed by atoms with Crippen LogP contribution in [0.25, 0.3) is 0 Å². The van der Waals surface area contributed by atoms with Crippen molar-refractivity contribution < 1.29 is 5.11 Å². The maximum atomic E-state index is 9.40. The zero-order valence-corrected chi connectivity index (χ0v) is 2.62. The van der Waals surface area contributed by atoms with Crippen LogP contribution in [0.4, 0.5) is 0 Å². The minimum atomic E-state index is -0.579. The quantitative estimate of drug-likeness (QED) is 0.211. The third-order valence-electron chi connectivity index (χ3n) is 0.139. The van der Waals surface area contributed by atoms with Crippen LogP contribution in [-0.4, -0.2) is 0 Å². The standard InChI is InChI=1S/C4H2O/c1-3-4(2)5/h2H2. The number of hydrogen-bond acceptors (Lipinski definition) is 1. The van der Waals surface area contributed by atoms with Gasteiger partial charge in [0.25, 0.3) is 0 Å². The molecule has 0 fully saturated rings. The fraction of sp³-hybridized carbons (Fsp3) is 0. The van der Waals surface area contributed by atoms with Gasteiger partial charge in [-0.05, 0) is 0 Å². The summed E-state index contributed by atoms with van der Waals surface area (Å²) in [4.78, 5) is 0. The Balaban J connectivity index is 3.35. The average molecular weight is 66.1 g/mol. The molecular weight excluding hydrogens is 64.0 g/mol. The molecule has 0 heterocycles. The van der Waals surface area contributed by atoms with Crippen LogP contribution >= 0.6 is 0 Å². The van der Waals surface area contributed by atoms with Crippen LogP contribution in [0.5, 0.6) is 0 Å². The van der Waals surface area contributed by atoms with Crippen LogP contribution in [-0.2, 0) is 0 Å². The van der Waals surface area contributed by atoms with Crippen molar-refractivity contribution in [1.82, 2.24) is 0 Å². The summed E-state index contributed by atoms with van der Waals surface area (Å²) in [5, 5.41) is 9.40. The topological polar surface area (TPSA) is 23.1 Å². The van der Waals surface area contributed by atoms with Gasteiger partial charge in [-0.15, -0.1) is 0 Å². The van der Waals surface area contributed by atoms with Crippen LogP contribution in [0.15, 0.2) is 12.3 Å². The van der Waals surface area contributed by atoms with E-state index in [1.807, 2.05) is 0 Å². The molecule has 0 radical (unpaired) electrons. The van der Waals surface area contributed by atoms with E-state index < -0.39 is 5.76 Å². The monoisotopic (exact) mass is 66.0 g/mol. The molecule has 0 aromatic carbocycles. The van der Waals surface area contributed by atoms with Crippen molar-refractivity contribution in [3.05, 3.63) is 18.8 Å². The van der Waals surface area contributed by atoms with Crippen molar-refractivity contribution in [2.24, 2.45) is 0 Å². The first-order chi connectivity index (χ1) is 2.27. The molecule has 0 N–H and O–H groups in total. The predicted molar refractivity (Wildman–Crippen MR) is 16.3 cm³/mol. The second-order valence-corrected chi connectivity index (χ2v) is 0.548. The third-order valence-corrected chi connectivity index (χ3v) is 0.139. The zero-order chi connectivity index (χ0) is 4.28. The summed E-state index contributed by atoms with van der Waals surface area (Å²) in [5.74, 6) is 0.949. The molecule has 1 nitrogen and oxygen atoms in total. The number of allylic oxidation sites excluding steroid dienone is 1. The summed E-state index contributed by atoms with van der Waals surface area (Å²) in [7, 11) is 0. The molecule has 0 saturated heterocycles. The Morgan fingerprint density at radius 3 is 2.20 bits per heavy atom. The first-order valence-corrected chi connectivity index (χ1v) is 1.06. The van der Waals surface area contributed by atoms with Gasteiger partial charge in [0, 0.05) is 0 Å². The first kappa shape index (κ1) is 4.32. The van der Waals surface area contributed by atoms with Gasteiger partial charge >= 0.3 is 29.8 Å². The van der Waals surface area contributed by atoms with Gasteiger partial charge in [-0.2, -0.15) is 0 Å². The summed E-state index contributed by atoms with van der Waals surface area (Å²) in [6, 6.07) is 0. The molecule has 0 bridgehead atoms. The molecule has 0 spiro atoms. The van der Waals surface area contributed by atoms with Gasteiger partial charge in [0.15, 0.2) is 0 Å². The van der Waals surface area contributed by atoms with Crippen LogP contribution in [0.2, 0.25) is 0 Å². The van der Waals surface area contributed by atoms with Crippen LogP contribution in [0, 0.1) is 12.3 Å². The van der Waals surface area contributed by atoms with Crippen molar-refractivity contribution in [1.29, 1.82) is 0 Å². The Morgan fingerprint density at radius 1 is 2.00 bits per heavy atom. The molecular formula is C4H2O. The Hall–Kier alpha value is -0.680. The molecule has 0 aliphatic heterocycles. The van der Waals surface area contributed by atoms with E-state index in [0.29, 0.717) is 0 Å². The molecule has 1 heteroatoms. The Morgan fingerprint density at radius 2 is 2.20 bits per heavy atom. The van der Waals surface area contributed by atoms with E-state index in [4.69, 9.17) is 6.42 Å². The molecule has 0 aliphatic carbocycles. The summed E-state index contributed by atoms with van der Waals surface area (Å²) in [5.41, 5.74) is 0. The number of rotatable bonds is 0. The predicted octanol–water partition coefficient (Wildman–Crippen LogP) is -0.550. The van der Waals surface area contributed by atoms with Crippen LogP contribution in [0.3, 0.4) is 0 Å². The first-order valence-electron chi connectivity index (χ1n) is 1.06. The molecule has 0 aromatic rings. The van der Waals surface area contributed by atoms with Gasteiger partial charge < -0.3 is 0 Å². The molecule has 24 valence electrons. The molecule has 0 atom stereocenters. The molecule has 0 aliphatic rings. The van der Waals surface area contributed by atoms with Gasteiger partial charge in [-0.25, -0.2) is 0 Å². The summed E-state index contributed by atoms with van der Waals surface area (Å²) in [6.45, 7) is 2.82. The Kier molecular flexibility index (Phi) is 1.40. The fourth-order valence-electron chi connectivity index (χ4n) is 0. The van der Waals surface area contributed by atoms with Gasteiger partial charge in [0.2, 0.25) is 0 Å². The summed E-state index contributed by atoms with van der Waals surface area (Å²) < 4.78 is 0. The van der Waals surface area contributed by atoms with E-state index in [0.717, 1.165) is 0 Å². The molecule has 0 unspecified atom stereocenters. The molecule has 0 aromatic heterocycles. The van der Waals surface area contributed by atoms with Gasteiger partial charge in [0.05, 0.1) is 0 Å². The molecule has 0 rings (SSSR count). The fourth-order valence-corrected chi connectivity index (χ4v) is 0. The van der Waals surface area contributed by atoms with E-state index in [2.05, 4.69) is 6.58 Å². The van der Waals surface area contributed by atoms with Gasteiger partial charge in [-0.1, -0.05) is 0 Å². The van der Waals surface area contributed by atoms with Crippen LogP contribution < -0.4 is 5.11 Å². The minimum absolute atomic E-state index is 0.579. The van der Waals surface area contributed by atoms with Crippen molar-refractivity contribution in [2.75, 3.05) is 0 Å². The SMILES string of the molecule is [C+]#CC(=C)[O-]. The second-order valence-electron chi connectivity index (χ2n) is 0.548. The Bertz CT molecular complexity index is 76.1. The Labute approximate surface area is 30.9 Å². The van der Waals surface area contributed by atoms with E-state index in [1.165, 1.54) is 5.92 Å². The molecule has 0 amide bonds. The summed E-state index contributed by atoms with van der Waals surface area (Å²) >= 11 is 0. The molecule has 5 heavy (non-hydrogen) atoms. The van der Waals surface area contributed by atoms with Crippen molar-refractivity contribution >= 4 is 0 Å². The van der Waals surface area contributed by atoms with Gasteiger partial charge in [-0.3, -0.25) is 0 Å². The van der Waals surface area contributed by atoms with E-state index >= 15 is 0 Å². The average Bonchev–Trinajstić information content (AvgIpc) is 1.38. The van der Waals surface area contributed by atoms with Crippen LogP contribution in [0.1, 0.15) is 0 Å². The second kappa shape index (κ2) is 1.62. The molecule has 0 saturated carbocycles. The van der Waals surface area contributed by atoms with E-state index in [-0.39, 0.29) is 0 Å². The zero-order valence-electron chi connectivity index (χ0n) is 2.62. The van der Waals surface area contributed by atoms with Gasteiger partial charge in [0.1, 0.15) is 0 Å². The van der Waals surface area contributed by atoms with E-state index in [9.17, 15) is 5.11 Å². The normalized spacial score (nSPS) is 6.00. The summed E-state index contributed by atoms with van der Waals surface area (Å²) in [6.07, 6.45) is 6.00. The van der Waals surface area contributed by atoms with Crippen molar-refractivity contribution in [3.8, 4) is 5.92 Å². The maximum absolute atomic E-state index is 9.40. The third kappa shape index (κ3) is 3.32. The van der Waals surface area contributed by atoms with Crippen molar-refractivity contribution in [2.45, 2.75) is 0 Å².